The van der Waals surface area contributed by atoms with Gasteiger partial charge in [0.05, 0.1) is 6.20 Å². The fraction of sp³-hybridized carbons (Fsp3) is 0. The minimum Gasteiger partial charge on any atom is -0.463 e. The molecule has 0 aliphatic carbocycles. The van der Waals surface area contributed by atoms with Gasteiger partial charge in [-0.1, -0.05) is 0 Å². The van der Waals surface area contributed by atoms with Gasteiger partial charge in [0.15, 0.2) is 5.43 Å². The average Bonchev–Trinajstić information content (AvgIpc) is 1.88. The molecule has 5 heteroatoms. The highest BCUT2D eigenvalue weighted by atomic mass is 16.4. The van der Waals surface area contributed by atoms with E-state index < -0.39 is 6.09 Å². The zero-order valence-corrected chi connectivity index (χ0v) is 4.89. The normalized spacial score (nSPS) is 9.20. The van der Waals surface area contributed by atoms with Gasteiger partial charge < -0.3 is 5.11 Å². The van der Waals surface area contributed by atoms with E-state index in [0.29, 0.717) is 4.68 Å². The van der Waals surface area contributed by atoms with Crippen LogP contribution in [0, 0.1) is 0 Å². The number of carboxylic acid groups (broad SMARTS) is 1. The first-order valence-electron chi connectivity index (χ1n) is 2.48. The van der Waals surface area contributed by atoms with Crippen LogP contribution in [0.4, 0.5) is 4.79 Å². The Labute approximate surface area is 55.5 Å². The van der Waals surface area contributed by atoms with E-state index in [1.54, 1.807) is 0 Å². The van der Waals surface area contributed by atoms with Crippen molar-refractivity contribution in [3.63, 3.8) is 0 Å². The molecule has 52 valence electrons. The lowest BCUT2D eigenvalue weighted by atomic mass is 10.6. The number of nitrogens with zero attached hydrogens (tertiary/aromatic N) is 2. The second kappa shape index (κ2) is 2.30. The molecule has 10 heavy (non-hydrogen) atoms. The van der Waals surface area contributed by atoms with Gasteiger partial charge in [-0.2, -0.15) is 9.78 Å². The molecule has 0 amide bonds. The summed E-state index contributed by atoms with van der Waals surface area (Å²) in [6.45, 7) is 0. The number of hydrogen-bond donors (Lipinski definition) is 1. The monoisotopic (exact) mass is 140 g/mol. The van der Waals surface area contributed by atoms with E-state index in [1.165, 1.54) is 0 Å². The lowest BCUT2D eigenvalue weighted by Gasteiger charge is -1.92. The molecule has 0 aliphatic heterocycles. The molecule has 0 radical (unpaired) electrons. The van der Waals surface area contributed by atoms with Gasteiger partial charge >= 0.3 is 6.09 Å². The molecule has 1 heterocycles. The Morgan fingerprint density at radius 1 is 1.70 bits per heavy atom. The van der Waals surface area contributed by atoms with E-state index in [9.17, 15) is 9.59 Å². The van der Waals surface area contributed by atoms with Crippen molar-refractivity contribution in [3.05, 3.63) is 28.7 Å². The third-order valence-corrected chi connectivity index (χ3v) is 0.885. The van der Waals surface area contributed by atoms with Crippen molar-refractivity contribution < 1.29 is 9.90 Å². The number of rotatable bonds is 0. The molecule has 1 aromatic rings. The van der Waals surface area contributed by atoms with Crippen LogP contribution in [0.2, 0.25) is 0 Å². The smallest absolute Gasteiger partial charge is 0.432 e. The van der Waals surface area contributed by atoms with E-state index in [4.69, 9.17) is 5.11 Å². The van der Waals surface area contributed by atoms with Gasteiger partial charge in [-0.15, -0.1) is 0 Å². The van der Waals surface area contributed by atoms with Crippen LogP contribution < -0.4 is 5.43 Å². The molecule has 0 spiro atoms. The van der Waals surface area contributed by atoms with Crippen molar-refractivity contribution in [2.24, 2.45) is 0 Å². The maximum absolute atomic E-state index is 10.4. The predicted molar refractivity (Wildman–Crippen MR) is 31.9 cm³/mol. The summed E-state index contributed by atoms with van der Waals surface area (Å²) in [7, 11) is 0. The number of aromatic nitrogens is 2. The highest BCUT2D eigenvalue weighted by Gasteiger charge is 1.96. The largest absolute Gasteiger partial charge is 0.463 e. The highest BCUT2D eigenvalue weighted by Crippen LogP contribution is 1.75. The topological polar surface area (TPSA) is 72.2 Å². The average molecular weight is 140 g/mol. The predicted octanol–water partition coefficient (Wildman–Crippen LogP) is -0.231. The second-order valence-corrected chi connectivity index (χ2v) is 1.59. The molecule has 1 N–H and O–H groups in total. The van der Waals surface area contributed by atoms with E-state index in [2.05, 4.69) is 5.10 Å². The third kappa shape index (κ3) is 1.19. The summed E-state index contributed by atoms with van der Waals surface area (Å²) >= 11 is 0. The van der Waals surface area contributed by atoms with Crippen LogP contribution in [0.15, 0.2) is 23.3 Å². The summed E-state index contributed by atoms with van der Waals surface area (Å²) in [5.41, 5.74) is -0.308. The summed E-state index contributed by atoms with van der Waals surface area (Å²) in [6.07, 6.45) is 0.818. The Morgan fingerprint density at radius 2 is 2.40 bits per heavy atom. The molecule has 1 aromatic heterocycles. The van der Waals surface area contributed by atoms with Crippen molar-refractivity contribution in [3.8, 4) is 0 Å². The summed E-state index contributed by atoms with van der Waals surface area (Å²) in [5.74, 6) is 0. The van der Waals surface area contributed by atoms with Gasteiger partial charge in [-0.25, -0.2) is 4.79 Å². The molecule has 0 unspecified atom stereocenters. The Morgan fingerprint density at radius 3 is 2.80 bits per heavy atom. The maximum Gasteiger partial charge on any atom is 0.432 e. The number of hydrogen-bond acceptors (Lipinski definition) is 3. The second-order valence-electron chi connectivity index (χ2n) is 1.59. The van der Waals surface area contributed by atoms with Crippen molar-refractivity contribution in [2.45, 2.75) is 0 Å². The molecule has 0 aliphatic rings. The van der Waals surface area contributed by atoms with Crippen LogP contribution in [-0.4, -0.2) is 21.0 Å². The zero-order chi connectivity index (χ0) is 7.56. The van der Waals surface area contributed by atoms with E-state index in [1.807, 2.05) is 0 Å². The molecule has 0 saturated carbocycles. The van der Waals surface area contributed by atoms with E-state index in [0.717, 1.165) is 18.5 Å². The molecule has 0 bridgehead atoms. The molecule has 1 rings (SSSR count). The van der Waals surface area contributed by atoms with Gasteiger partial charge in [0, 0.05) is 12.3 Å². The van der Waals surface area contributed by atoms with Crippen molar-refractivity contribution in [1.82, 2.24) is 9.78 Å². The molecule has 5 nitrogen and oxygen atoms in total. The minimum absolute atomic E-state index is 0.308. The molecular formula is C5H4N2O3. The van der Waals surface area contributed by atoms with Crippen molar-refractivity contribution in [2.75, 3.05) is 0 Å². The van der Waals surface area contributed by atoms with Crippen LogP contribution >= 0.6 is 0 Å². The SMILES string of the molecule is O=C(O)n1ccc(=O)cn1. The van der Waals surface area contributed by atoms with Crippen molar-refractivity contribution in [1.29, 1.82) is 0 Å². The first kappa shape index (κ1) is 6.47. The zero-order valence-electron chi connectivity index (χ0n) is 4.89. The molecule has 0 aromatic carbocycles. The molecule has 0 fully saturated rings. The summed E-state index contributed by atoms with van der Waals surface area (Å²) in [6, 6.07) is 1.13. The van der Waals surface area contributed by atoms with Crippen molar-refractivity contribution >= 4 is 6.09 Å². The summed E-state index contributed by atoms with van der Waals surface area (Å²) < 4.78 is 0.654. The van der Waals surface area contributed by atoms with E-state index >= 15 is 0 Å². The van der Waals surface area contributed by atoms with Gasteiger partial charge in [0.2, 0.25) is 0 Å². The van der Waals surface area contributed by atoms with Crippen LogP contribution in [0.25, 0.3) is 0 Å². The molecule has 0 atom stereocenters. The van der Waals surface area contributed by atoms with Gasteiger partial charge in [-0.3, -0.25) is 4.79 Å². The Bertz CT molecular complexity index is 284. The number of carbonyl (C=O) groups is 1. The fourth-order valence-electron chi connectivity index (χ4n) is 0.458. The molecular weight excluding hydrogens is 136 g/mol. The minimum atomic E-state index is -1.21. The lowest BCUT2D eigenvalue weighted by Crippen LogP contribution is -2.14. The Balaban J connectivity index is 3.12. The first-order valence-corrected chi connectivity index (χ1v) is 2.48. The quantitative estimate of drug-likeness (QED) is 0.540. The molecule has 0 saturated heterocycles. The standard InChI is InChI=1S/C5H4N2O3/c8-4-1-2-7(5(9)10)6-3-4/h1-3H,(H,9,10). The lowest BCUT2D eigenvalue weighted by molar-refractivity contribution is 0.192. The van der Waals surface area contributed by atoms with Crippen LogP contribution in [0.3, 0.4) is 0 Å². The van der Waals surface area contributed by atoms with Crippen LogP contribution in [0.1, 0.15) is 0 Å². The first-order chi connectivity index (χ1) is 4.70. The van der Waals surface area contributed by atoms with Gasteiger partial charge in [0.1, 0.15) is 0 Å². The van der Waals surface area contributed by atoms with E-state index in [-0.39, 0.29) is 5.43 Å². The van der Waals surface area contributed by atoms with Gasteiger partial charge in [0.25, 0.3) is 0 Å². The van der Waals surface area contributed by atoms with Crippen LogP contribution in [-0.2, 0) is 0 Å². The maximum atomic E-state index is 10.4. The summed E-state index contributed by atoms with van der Waals surface area (Å²) in [4.78, 5) is 20.5. The Hall–Kier alpha value is -1.65. The van der Waals surface area contributed by atoms with Crippen LogP contribution in [0.5, 0.6) is 0 Å². The fourth-order valence-corrected chi connectivity index (χ4v) is 0.458. The third-order valence-electron chi connectivity index (χ3n) is 0.885. The summed E-state index contributed by atoms with van der Waals surface area (Å²) in [5, 5.41) is 11.6. The van der Waals surface area contributed by atoms with Gasteiger partial charge in [-0.05, 0) is 0 Å². The highest BCUT2D eigenvalue weighted by molar-refractivity contribution is 5.66. The Kier molecular flexibility index (Phi) is 1.49.